The van der Waals surface area contributed by atoms with Crippen LogP contribution in [0.25, 0.3) is 0 Å². The standard InChI is InChI=1S/C12H17N3O/c13-6-9-11-8(2-1-3-10(11)16)14-12(15-9)7-4-5-7/h7,10,16H,1-6,13H2. The number of aliphatic hydroxyl groups excluding tert-OH is 1. The summed E-state index contributed by atoms with van der Waals surface area (Å²) in [5.41, 5.74) is 8.54. The summed E-state index contributed by atoms with van der Waals surface area (Å²) >= 11 is 0. The second-order valence-corrected chi connectivity index (χ2v) is 4.78. The van der Waals surface area contributed by atoms with Gasteiger partial charge in [0.15, 0.2) is 0 Å². The molecule has 1 fully saturated rings. The highest BCUT2D eigenvalue weighted by Crippen LogP contribution is 2.40. The fraction of sp³-hybridized carbons (Fsp3) is 0.667. The van der Waals surface area contributed by atoms with Crippen molar-refractivity contribution >= 4 is 0 Å². The Kier molecular flexibility index (Phi) is 2.41. The maximum absolute atomic E-state index is 9.98. The van der Waals surface area contributed by atoms with Gasteiger partial charge in [-0.1, -0.05) is 0 Å². The highest BCUT2D eigenvalue weighted by molar-refractivity contribution is 5.31. The van der Waals surface area contributed by atoms with Gasteiger partial charge in [-0.05, 0) is 32.1 Å². The SMILES string of the molecule is NCc1nc(C2CC2)nc2c1C(O)CCC2. The van der Waals surface area contributed by atoms with Crippen molar-refractivity contribution in [3.63, 3.8) is 0 Å². The van der Waals surface area contributed by atoms with E-state index in [4.69, 9.17) is 5.73 Å². The molecule has 86 valence electrons. The van der Waals surface area contributed by atoms with E-state index in [9.17, 15) is 5.11 Å². The molecule has 1 aromatic heterocycles. The van der Waals surface area contributed by atoms with Crippen LogP contribution in [-0.4, -0.2) is 15.1 Å². The van der Waals surface area contributed by atoms with E-state index in [0.29, 0.717) is 12.5 Å². The van der Waals surface area contributed by atoms with Crippen molar-refractivity contribution in [3.8, 4) is 0 Å². The number of hydrogen-bond donors (Lipinski definition) is 2. The Balaban J connectivity index is 2.09. The van der Waals surface area contributed by atoms with E-state index in [1.165, 1.54) is 12.8 Å². The quantitative estimate of drug-likeness (QED) is 0.783. The average Bonchev–Trinajstić information content (AvgIpc) is 3.11. The van der Waals surface area contributed by atoms with Crippen LogP contribution in [0.4, 0.5) is 0 Å². The minimum absolute atomic E-state index is 0.404. The average molecular weight is 219 g/mol. The van der Waals surface area contributed by atoms with Crippen LogP contribution in [-0.2, 0) is 13.0 Å². The highest BCUT2D eigenvalue weighted by atomic mass is 16.3. The van der Waals surface area contributed by atoms with Crippen LogP contribution in [0.1, 0.15) is 60.5 Å². The molecule has 3 rings (SSSR count). The lowest BCUT2D eigenvalue weighted by Gasteiger charge is -2.23. The van der Waals surface area contributed by atoms with Crippen LogP contribution in [0.2, 0.25) is 0 Å². The third-order valence-electron chi connectivity index (χ3n) is 3.48. The monoisotopic (exact) mass is 219 g/mol. The number of aromatic nitrogens is 2. The van der Waals surface area contributed by atoms with Crippen molar-refractivity contribution in [2.24, 2.45) is 5.73 Å². The summed E-state index contributed by atoms with van der Waals surface area (Å²) < 4.78 is 0. The summed E-state index contributed by atoms with van der Waals surface area (Å²) in [6, 6.07) is 0. The minimum atomic E-state index is -0.407. The van der Waals surface area contributed by atoms with Gasteiger partial charge in [0.05, 0.1) is 17.5 Å². The summed E-state index contributed by atoms with van der Waals surface area (Å²) in [7, 11) is 0. The molecule has 3 N–H and O–H groups in total. The second-order valence-electron chi connectivity index (χ2n) is 4.78. The number of rotatable bonds is 2. The van der Waals surface area contributed by atoms with Gasteiger partial charge in [-0.15, -0.1) is 0 Å². The Morgan fingerprint density at radius 2 is 2.06 bits per heavy atom. The van der Waals surface area contributed by atoms with E-state index in [0.717, 1.165) is 42.0 Å². The molecule has 2 aliphatic carbocycles. The van der Waals surface area contributed by atoms with Crippen LogP contribution in [0, 0.1) is 0 Å². The molecule has 0 radical (unpaired) electrons. The molecule has 0 bridgehead atoms. The molecule has 1 heterocycles. The molecule has 4 nitrogen and oxygen atoms in total. The van der Waals surface area contributed by atoms with E-state index in [1.807, 2.05) is 0 Å². The first-order valence-corrected chi connectivity index (χ1v) is 6.07. The Bertz CT molecular complexity index is 398. The third-order valence-corrected chi connectivity index (χ3v) is 3.48. The molecule has 0 amide bonds. The topological polar surface area (TPSA) is 72.0 Å². The smallest absolute Gasteiger partial charge is 0.132 e. The Hall–Kier alpha value is -1.00. The lowest BCUT2D eigenvalue weighted by molar-refractivity contribution is 0.153. The first-order chi connectivity index (χ1) is 7.79. The second kappa shape index (κ2) is 3.79. The number of nitrogens with zero attached hydrogens (tertiary/aromatic N) is 2. The summed E-state index contributed by atoms with van der Waals surface area (Å²) in [4.78, 5) is 9.13. The summed E-state index contributed by atoms with van der Waals surface area (Å²) in [6.45, 7) is 0.404. The first-order valence-electron chi connectivity index (χ1n) is 6.07. The van der Waals surface area contributed by atoms with Crippen molar-refractivity contribution in [2.45, 2.75) is 50.7 Å². The fourth-order valence-corrected chi connectivity index (χ4v) is 2.45. The van der Waals surface area contributed by atoms with Crippen LogP contribution in [0.3, 0.4) is 0 Å². The van der Waals surface area contributed by atoms with Crippen molar-refractivity contribution in [2.75, 3.05) is 0 Å². The van der Waals surface area contributed by atoms with Crippen molar-refractivity contribution < 1.29 is 5.11 Å². The van der Waals surface area contributed by atoms with Gasteiger partial charge in [-0.25, -0.2) is 9.97 Å². The molecule has 2 aliphatic rings. The number of aryl methyl sites for hydroxylation is 1. The number of aliphatic hydroxyl groups is 1. The fourth-order valence-electron chi connectivity index (χ4n) is 2.45. The molecule has 4 heteroatoms. The predicted octanol–water partition coefficient (Wildman–Crippen LogP) is 1.18. The van der Waals surface area contributed by atoms with E-state index >= 15 is 0 Å². The Morgan fingerprint density at radius 1 is 1.25 bits per heavy atom. The molecule has 0 aromatic carbocycles. The van der Waals surface area contributed by atoms with Gasteiger partial charge in [0.1, 0.15) is 5.82 Å². The van der Waals surface area contributed by atoms with E-state index in [1.54, 1.807) is 0 Å². The van der Waals surface area contributed by atoms with Gasteiger partial charge < -0.3 is 10.8 Å². The number of fused-ring (bicyclic) bond motifs is 1. The Labute approximate surface area is 94.9 Å². The van der Waals surface area contributed by atoms with Crippen LogP contribution in [0.5, 0.6) is 0 Å². The molecule has 0 saturated heterocycles. The molecule has 0 aliphatic heterocycles. The third kappa shape index (κ3) is 1.62. The van der Waals surface area contributed by atoms with E-state index < -0.39 is 6.10 Å². The van der Waals surface area contributed by atoms with Crippen LogP contribution in [0.15, 0.2) is 0 Å². The van der Waals surface area contributed by atoms with Gasteiger partial charge in [-0.2, -0.15) is 0 Å². The molecule has 1 unspecified atom stereocenters. The minimum Gasteiger partial charge on any atom is -0.388 e. The van der Waals surface area contributed by atoms with Gasteiger partial charge in [0.25, 0.3) is 0 Å². The molecule has 1 aromatic rings. The lowest BCUT2D eigenvalue weighted by Crippen LogP contribution is -2.19. The maximum Gasteiger partial charge on any atom is 0.132 e. The molecule has 16 heavy (non-hydrogen) atoms. The van der Waals surface area contributed by atoms with Gasteiger partial charge in [-0.3, -0.25) is 0 Å². The van der Waals surface area contributed by atoms with Gasteiger partial charge >= 0.3 is 0 Å². The highest BCUT2D eigenvalue weighted by Gasteiger charge is 2.30. The predicted molar refractivity (Wildman–Crippen MR) is 59.8 cm³/mol. The van der Waals surface area contributed by atoms with Crippen molar-refractivity contribution in [1.82, 2.24) is 9.97 Å². The van der Waals surface area contributed by atoms with E-state index in [-0.39, 0.29) is 0 Å². The first kappa shape index (κ1) is 10.2. The largest absolute Gasteiger partial charge is 0.388 e. The summed E-state index contributed by atoms with van der Waals surface area (Å²) in [6.07, 6.45) is 4.78. The molecule has 1 saturated carbocycles. The normalized spacial score (nSPS) is 24.2. The van der Waals surface area contributed by atoms with Gasteiger partial charge in [0, 0.05) is 18.0 Å². The Morgan fingerprint density at radius 3 is 2.75 bits per heavy atom. The van der Waals surface area contributed by atoms with Crippen molar-refractivity contribution in [3.05, 3.63) is 22.8 Å². The zero-order valence-electron chi connectivity index (χ0n) is 9.32. The van der Waals surface area contributed by atoms with Crippen molar-refractivity contribution in [1.29, 1.82) is 0 Å². The summed E-state index contributed by atoms with van der Waals surface area (Å²) in [5, 5.41) is 9.98. The van der Waals surface area contributed by atoms with Gasteiger partial charge in [0.2, 0.25) is 0 Å². The zero-order valence-corrected chi connectivity index (χ0v) is 9.32. The number of nitrogens with two attached hydrogens (primary N) is 1. The zero-order chi connectivity index (χ0) is 11.1. The maximum atomic E-state index is 9.98. The van der Waals surface area contributed by atoms with Crippen LogP contribution < -0.4 is 5.73 Å². The lowest BCUT2D eigenvalue weighted by atomic mass is 9.92. The summed E-state index contributed by atoms with van der Waals surface area (Å²) in [5.74, 6) is 1.50. The molecule has 0 spiro atoms. The molecular weight excluding hydrogens is 202 g/mol. The number of hydrogen-bond acceptors (Lipinski definition) is 4. The molecule has 1 atom stereocenters. The molecular formula is C12H17N3O. The van der Waals surface area contributed by atoms with Crippen LogP contribution >= 0.6 is 0 Å². The van der Waals surface area contributed by atoms with E-state index in [2.05, 4.69) is 9.97 Å².